The van der Waals surface area contributed by atoms with E-state index in [4.69, 9.17) is 21.1 Å². The Labute approximate surface area is 132 Å². The van der Waals surface area contributed by atoms with Crippen molar-refractivity contribution in [3.63, 3.8) is 0 Å². The predicted octanol–water partition coefficient (Wildman–Crippen LogP) is 3.19. The Morgan fingerprint density at radius 3 is 2.36 bits per heavy atom. The third-order valence-corrected chi connectivity index (χ3v) is 4.54. The van der Waals surface area contributed by atoms with E-state index in [1.807, 2.05) is 0 Å². The molecule has 2 aromatic carbocycles. The van der Waals surface area contributed by atoms with Crippen LogP contribution in [0.4, 0.5) is 4.39 Å². The molecule has 0 heterocycles. The monoisotopic (exact) mass is 345 g/mol. The first-order valence-corrected chi connectivity index (χ1v) is 7.98. The highest BCUT2D eigenvalue weighted by Crippen LogP contribution is 2.36. The minimum atomic E-state index is -3.59. The van der Waals surface area contributed by atoms with Crippen molar-refractivity contribution in [2.45, 2.75) is 4.90 Å². The standard InChI is InChI=1S/C14H13ClFNO4S/c1-17-22(18,19)10-4-6-12(11(15)8-10)21-13-5-3-9(16)7-14(13)20-2/h3-8,17H,1-2H3. The Morgan fingerprint density at radius 2 is 1.77 bits per heavy atom. The molecule has 0 atom stereocenters. The van der Waals surface area contributed by atoms with Crippen molar-refractivity contribution in [3.05, 3.63) is 47.2 Å². The Kier molecular flexibility index (Phi) is 4.90. The van der Waals surface area contributed by atoms with Crippen LogP contribution in [0.1, 0.15) is 0 Å². The second-order valence-electron chi connectivity index (χ2n) is 4.20. The second-order valence-corrected chi connectivity index (χ2v) is 6.49. The van der Waals surface area contributed by atoms with E-state index in [0.717, 1.165) is 0 Å². The van der Waals surface area contributed by atoms with Gasteiger partial charge >= 0.3 is 0 Å². The van der Waals surface area contributed by atoms with Crippen molar-refractivity contribution in [2.24, 2.45) is 0 Å². The van der Waals surface area contributed by atoms with Crippen LogP contribution in [0.15, 0.2) is 41.3 Å². The normalized spacial score (nSPS) is 11.3. The Hall–Kier alpha value is -1.83. The number of halogens is 2. The van der Waals surface area contributed by atoms with Crippen LogP contribution in [-0.2, 0) is 10.0 Å². The number of ether oxygens (including phenoxy) is 2. The largest absolute Gasteiger partial charge is 0.493 e. The van der Waals surface area contributed by atoms with Gasteiger partial charge in [0.2, 0.25) is 10.0 Å². The molecular formula is C14H13ClFNO4S. The van der Waals surface area contributed by atoms with Gasteiger partial charge in [-0.2, -0.15) is 0 Å². The molecule has 0 saturated heterocycles. The third-order valence-electron chi connectivity index (χ3n) is 2.83. The number of methoxy groups -OCH3 is 1. The van der Waals surface area contributed by atoms with Crippen molar-refractivity contribution < 1.29 is 22.3 Å². The summed E-state index contributed by atoms with van der Waals surface area (Å²) in [6.45, 7) is 0. The molecular weight excluding hydrogens is 333 g/mol. The molecule has 0 aliphatic heterocycles. The number of hydrogen-bond donors (Lipinski definition) is 1. The van der Waals surface area contributed by atoms with Crippen LogP contribution in [-0.4, -0.2) is 22.6 Å². The van der Waals surface area contributed by atoms with E-state index in [-0.39, 0.29) is 27.2 Å². The van der Waals surface area contributed by atoms with E-state index in [1.165, 1.54) is 50.6 Å². The van der Waals surface area contributed by atoms with Crippen molar-refractivity contribution in [3.8, 4) is 17.2 Å². The molecule has 0 bridgehead atoms. The first-order valence-electron chi connectivity index (χ1n) is 6.12. The van der Waals surface area contributed by atoms with Gasteiger partial charge in [-0.3, -0.25) is 0 Å². The van der Waals surface area contributed by atoms with Crippen molar-refractivity contribution >= 4 is 21.6 Å². The molecule has 22 heavy (non-hydrogen) atoms. The van der Waals surface area contributed by atoms with E-state index < -0.39 is 15.8 Å². The average Bonchev–Trinajstić information content (AvgIpc) is 2.50. The number of sulfonamides is 1. The molecule has 0 fully saturated rings. The van der Waals surface area contributed by atoms with Crippen LogP contribution in [0.2, 0.25) is 5.02 Å². The molecule has 2 aromatic rings. The summed E-state index contributed by atoms with van der Waals surface area (Å²) in [6.07, 6.45) is 0. The number of hydrogen-bond acceptors (Lipinski definition) is 4. The van der Waals surface area contributed by atoms with E-state index in [1.54, 1.807) is 0 Å². The van der Waals surface area contributed by atoms with Crippen LogP contribution in [0, 0.1) is 5.82 Å². The lowest BCUT2D eigenvalue weighted by Crippen LogP contribution is -2.18. The smallest absolute Gasteiger partial charge is 0.240 e. The SMILES string of the molecule is CNS(=O)(=O)c1ccc(Oc2ccc(F)cc2OC)c(Cl)c1. The molecule has 0 aliphatic carbocycles. The zero-order chi connectivity index (χ0) is 16.3. The van der Waals surface area contributed by atoms with Gasteiger partial charge in [0.15, 0.2) is 11.5 Å². The van der Waals surface area contributed by atoms with E-state index in [9.17, 15) is 12.8 Å². The van der Waals surface area contributed by atoms with E-state index >= 15 is 0 Å². The fourth-order valence-corrected chi connectivity index (χ4v) is 2.73. The van der Waals surface area contributed by atoms with Crippen LogP contribution < -0.4 is 14.2 Å². The maximum absolute atomic E-state index is 13.1. The highest BCUT2D eigenvalue weighted by molar-refractivity contribution is 7.89. The highest BCUT2D eigenvalue weighted by atomic mass is 35.5. The summed E-state index contributed by atoms with van der Waals surface area (Å²) >= 11 is 6.04. The highest BCUT2D eigenvalue weighted by Gasteiger charge is 2.15. The summed E-state index contributed by atoms with van der Waals surface area (Å²) < 4.78 is 49.3. The fourth-order valence-electron chi connectivity index (χ4n) is 1.69. The van der Waals surface area contributed by atoms with Crippen LogP contribution >= 0.6 is 11.6 Å². The van der Waals surface area contributed by atoms with Gasteiger partial charge in [-0.1, -0.05) is 11.6 Å². The lowest BCUT2D eigenvalue weighted by atomic mass is 10.3. The van der Waals surface area contributed by atoms with Gasteiger partial charge in [-0.05, 0) is 37.4 Å². The van der Waals surface area contributed by atoms with E-state index in [2.05, 4.69) is 4.72 Å². The molecule has 5 nitrogen and oxygen atoms in total. The summed E-state index contributed by atoms with van der Waals surface area (Å²) in [4.78, 5) is 0.0124. The Bertz CT molecular complexity index is 795. The fraction of sp³-hybridized carbons (Fsp3) is 0.143. The maximum Gasteiger partial charge on any atom is 0.240 e. The summed E-state index contributed by atoms with van der Waals surface area (Å²) in [5.74, 6) is 0.213. The van der Waals surface area contributed by atoms with Gasteiger partial charge < -0.3 is 9.47 Å². The molecule has 0 aromatic heterocycles. The summed E-state index contributed by atoms with van der Waals surface area (Å²) in [7, 11) is -0.910. The van der Waals surface area contributed by atoms with Crippen LogP contribution in [0.5, 0.6) is 17.2 Å². The third kappa shape index (κ3) is 3.49. The summed E-state index contributed by atoms with van der Waals surface area (Å²) in [5, 5.41) is 0.0997. The molecule has 0 spiro atoms. The zero-order valence-corrected chi connectivity index (χ0v) is 13.3. The van der Waals surface area contributed by atoms with Gasteiger partial charge in [0.1, 0.15) is 11.6 Å². The molecule has 0 unspecified atom stereocenters. The number of benzene rings is 2. The zero-order valence-electron chi connectivity index (χ0n) is 11.8. The average molecular weight is 346 g/mol. The van der Waals surface area contributed by atoms with Crippen LogP contribution in [0.3, 0.4) is 0 Å². The second kappa shape index (κ2) is 6.51. The number of rotatable bonds is 5. The molecule has 0 aliphatic rings. The topological polar surface area (TPSA) is 64.6 Å². The number of nitrogens with one attached hydrogen (secondary N) is 1. The predicted molar refractivity (Wildman–Crippen MR) is 80.7 cm³/mol. The quantitative estimate of drug-likeness (QED) is 0.903. The van der Waals surface area contributed by atoms with Crippen molar-refractivity contribution in [1.82, 2.24) is 4.72 Å². The van der Waals surface area contributed by atoms with Crippen molar-refractivity contribution in [1.29, 1.82) is 0 Å². The minimum absolute atomic E-state index is 0.0124. The van der Waals surface area contributed by atoms with Crippen molar-refractivity contribution in [2.75, 3.05) is 14.2 Å². The van der Waals surface area contributed by atoms with Gasteiger partial charge in [0, 0.05) is 6.07 Å². The molecule has 0 amide bonds. The Balaban J connectivity index is 2.36. The van der Waals surface area contributed by atoms with Gasteiger partial charge in [-0.25, -0.2) is 17.5 Å². The van der Waals surface area contributed by atoms with Gasteiger partial charge in [0.05, 0.1) is 17.0 Å². The minimum Gasteiger partial charge on any atom is -0.493 e. The molecule has 2 rings (SSSR count). The van der Waals surface area contributed by atoms with Gasteiger partial charge in [0.25, 0.3) is 0 Å². The molecule has 8 heteroatoms. The van der Waals surface area contributed by atoms with Crippen LogP contribution in [0.25, 0.3) is 0 Å². The lowest BCUT2D eigenvalue weighted by Gasteiger charge is -2.12. The summed E-state index contributed by atoms with van der Waals surface area (Å²) in [5.41, 5.74) is 0. The van der Waals surface area contributed by atoms with Gasteiger partial charge in [-0.15, -0.1) is 0 Å². The first kappa shape index (κ1) is 16.5. The molecule has 0 saturated carbocycles. The molecule has 1 N–H and O–H groups in total. The van der Waals surface area contributed by atoms with E-state index in [0.29, 0.717) is 0 Å². The molecule has 118 valence electrons. The summed E-state index contributed by atoms with van der Waals surface area (Å²) in [6, 6.07) is 7.80. The molecule has 0 radical (unpaired) electrons. The maximum atomic E-state index is 13.1. The lowest BCUT2D eigenvalue weighted by molar-refractivity contribution is 0.375. The first-order chi connectivity index (χ1) is 10.4. The Morgan fingerprint density at radius 1 is 1.09 bits per heavy atom.